The first-order valence-electron chi connectivity index (χ1n) is 5.01. The monoisotopic (exact) mass is 206 g/mol. The molecule has 0 aliphatic carbocycles. The van der Waals surface area contributed by atoms with Crippen LogP contribution in [0.1, 0.15) is 6.92 Å². The summed E-state index contributed by atoms with van der Waals surface area (Å²) in [5, 5.41) is 0. The van der Waals surface area contributed by atoms with Gasteiger partial charge in [0.05, 0.1) is 5.52 Å². The number of nitrogens with two attached hydrogens (primary N) is 1. The van der Waals surface area contributed by atoms with Crippen molar-refractivity contribution in [3.05, 3.63) is 34.8 Å². The predicted octanol–water partition coefficient (Wildman–Crippen LogP) is 1.19. The molecular weight excluding hydrogens is 192 g/mol. The third-order valence-corrected chi connectivity index (χ3v) is 2.47. The maximum Gasteiger partial charge on any atom is 0.419 e. The van der Waals surface area contributed by atoms with Crippen LogP contribution in [-0.2, 0) is 6.54 Å². The molecule has 1 aromatic heterocycles. The molecule has 4 nitrogen and oxygen atoms in total. The summed E-state index contributed by atoms with van der Waals surface area (Å²) in [6.45, 7) is 3.17. The Morgan fingerprint density at radius 2 is 2.20 bits per heavy atom. The highest BCUT2D eigenvalue weighted by molar-refractivity contribution is 5.72. The summed E-state index contributed by atoms with van der Waals surface area (Å²) in [6.07, 6.45) is 0. The molecular formula is C11H14N2O2. The van der Waals surface area contributed by atoms with E-state index in [-0.39, 0.29) is 11.7 Å². The van der Waals surface area contributed by atoms with Crippen LogP contribution in [0.4, 0.5) is 0 Å². The SMILES string of the molecule is CC(CN)Cn1c(=O)oc2ccccc21. The van der Waals surface area contributed by atoms with Gasteiger partial charge in [-0.3, -0.25) is 4.57 Å². The standard InChI is InChI=1S/C11H14N2O2/c1-8(6-12)7-13-9-4-2-3-5-10(9)15-11(13)14/h2-5,8H,6-7,12H2,1H3. The molecule has 2 aromatic rings. The molecule has 1 unspecified atom stereocenters. The second-order valence-corrected chi connectivity index (χ2v) is 3.79. The van der Waals surface area contributed by atoms with Crippen LogP contribution in [-0.4, -0.2) is 11.1 Å². The van der Waals surface area contributed by atoms with E-state index in [1.807, 2.05) is 25.1 Å². The summed E-state index contributed by atoms with van der Waals surface area (Å²) in [5.41, 5.74) is 7.00. The van der Waals surface area contributed by atoms with Crippen LogP contribution in [0.5, 0.6) is 0 Å². The quantitative estimate of drug-likeness (QED) is 0.820. The lowest BCUT2D eigenvalue weighted by Crippen LogP contribution is -2.23. The van der Waals surface area contributed by atoms with E-state index in [2.05, 4.69) is 0 Å². The van der Waals surface area contributed by atoms with Gasteiger partial charge in [0.2, 0.25) is 0 Å². The van der Waals surface area contributed by atoms with Gasteiger partial charge in [0.25, 0.3) is 0 Å². The average molecular weight is 206 g/mol. The van der Waals surface area contributed by atoms with Gasteiger partial charge in [0, 0.05) is 6.54 Å². The maximum atomic E-state index is 11.5. The van der Waals surface area contributed by atoms with Crippen molar-refractivity contribution in [3.63, 3.8) is 0 Å². The fourth-order valence-corrected chi connectivity index (χ4v) is 1.57. The first-order valence-corrected chi connectivity index (χ1v) is 5.01. The highest BCUT2D eigenvalue weighted by Gasteiger charge is 2.10. The fraction of sp³-hybridized carbons (Fsp3) is 0.364. The van der Waals surface area contributed by atoms with Crippen molar-refractivity contribution >= 4 is 11.1 Å². The minimum Gasteiger partial charge on any atom is -0.408 e. The van der Waals surface area contributed by atoms with Gasteiger partial charge in [-0.05, 0) is 24.6 Å². The number of benzene rings is 1. The predicted molar refractivity (Wildman–Crippen MR) is 58.7 cm³/mol. The van der Waals surface area contributed by atoms with Crippen LogP contribution >= 0.6 is 0 Å². The molecule has 0 fully saturated rings. The van der Waals surface area contributed by atoms with Crippen molar-refractivity contribution in [2.24, 2.45) is 11.7 Å². The number of hydrogen-bond acceptors (Lipinski definition) is 3. The molecule has 0 saturated carbocycles. The van der Waals surface area contributed by atoms with E-state index >= 15 is 0 Å². The summed E-state index contributed by atoms with van der Waals surface area (Å²) < 4.78 is 6.74. The molecule has 1 atom stereocenters. The summed E-state index contributed by atoms with van der Waals surface area (Å²) >= 11 is 0. The van der Waals surface area contributed by atoms with Crippen molar-refractivity contribution in [1.82, 2.24) is 4.57 Å². The first-order chi connectivity index (χ1) is 7.22. The van der Waals surface area contributed by atoms with Crippen LogP contribution in [0, 0.1) is 5.92 Å². The Hall–Kier alpha value is -1.55. The largest absolute Gasteiger partial charge is 0.419 e. The molecule has 0 aliphatic heterocycles. The lowest BCUT2D eigenvalue weighted by molar-refractivity contribution is 0.444. The first kappa shape index (κ1) is 9.98. The molecule has 0 aliphatic rings. The minimum atomic E-state index is -0.309. The molecule has 0 amide bonds. The van der Waals surface area contributed by atoms with E-state index in [0.29, 0.717) is 18.7 Å². The van der Waals surface area contributed by atoms with E-state index in [1.54, 1.807) is 10.6 Å². The second-order valence-electron chi connectivity index (χ2n) is 3.79. The van der Waals surface area contributed by atoms with Crippen molar-refractivity contribution in [1.29, 1.82) is 0 Å². The highest BCUT2D eigenvalue weighted by Crippen LogP contribution is 2.12. The van der Waals surface area contributed by atoms with E-state index in [0.717, 1.165) is 5.52 Å². The number of hydrogen-bond donors (Lipinski definition) is 1. The van der Waals surface area contributed by atoms with Gasteiger partial charge in [-0.1, -0.05) is 19.1 Å². The van der Waals surface area contributed by atoms with Crippen molar-refractivity contribution in [2.45, 2.75) is 13.5 Å². The van der Waals surface area contributed by atoms with Gasteiger partial charge >= 0.3 is 5.76 Å². The molecule has 2 rings (SSSR count). The molecule has 0 spiro atoms. The van der Waals surface area contributed by atoms with Gasteiger partial charge < -0.3 is 10.2 Å². The zero-order valence-corrected chi connectivity index (χ0v) is 8.64. The smallest absolute Gasteiger partial charge is 0.408 e. The van der Waals surface area contributed by atoms with Crippen LogP contribution in [0.15, 0.2) is 33.5 Å². The van der Waals surface area contributed by atoms with Gasteiger partial charge in [-0.2, -0.15) is 0 Å². The average Bonchev–Trinajstić information content (AvgIpc) is 2.55. The maximum absolute atomic E-state index is 11.5. The summed E-state index contributed by atoms with van der Waals surface area (Å²) in [4.78, 5) is 11.5. The van der Waals surface area contributed by atoms with Crippen molar-refractivity contribution < 1.29 is 4.42 Å². The van der Waals surface area contributed by atoms with E-state index in [4.69, 9.17) is 10.2 Å². The molecule has 80 valence electrons. The molecule has 4 heteroatoms. The Morgan fingerprint density at radius 3 is 2.93 bits per heavy atom. The van der Waals surface area contributed by atoms with Crippen LogP contribution in [0.2, 0.25) is 0 Å². The van der Waals surface area contributed by atoms with Gasteiger partial charge in [-0.25, -0.2) is 4.79 Å². The number of para-hydroxylation sites is 2. The molecule has 0 bridgehead atoms. The van der Waals surface area contributed by atoms with Gasteiger partial charge in [0.1, 0.15) is 0 Å². The Kier molecular flexibility index (Phi) is 2.60. The van der Waals surface area contributed by atoms with Crippen molar-refractivity contribution in [3.8, 4) is 0 Å². The second kappa shape index (κ2) is 3.90. The zero-order valence-electron chi connectivity index (χ0n) is 8.64. The molecule has 0 radical (unpaired) electrons. The van der Waals surface area contributed by atoms with E-state index in [9.17, 15) is 4.79 Å². The van der Waals surface area contributed by atoms with E-state index in [1.165, 1.54) is 0 Å². The van der Waals surface area contributed by atoms with Crippen LogP contribution in [0.3, 0.4) is 0 Å². The van der Waals surface area contributed by atoms with Gasteiger partial charge in [0.15, 0.2) is 5.58 Å². The highest BCUT2D eigenvalue weighted by atomic mass is 16.4. The minimum absolute atomic E-state index is 0.267. The Morgan fingerprint density at radius 1 is 1.47 bits per heavy atom. The number of fused-ring (bicyclic) bond motifs is 1. The fourth-order valence-electron chi connectivity index (χ4n) is 1.57. The number of nitrogens with zero attached hydrogens (tertiary/aromatic N) is 1. The molecule has 15 heavy (non-hydrogen) atoms. The Bertz CT molecular complexity index is 513. The third-order valence-electron chi connectivity index (χ3n) is 2.47. The third kappa shape index (κ3) is 1.80. The van der Waals surface area contributed by atoms with Crippen molar-refractivity contribution in [2.75, 3.05) is 6.54 Å². The van der Waals surface area contributed by atoms with Gasteiger partial charge in [-0.15, -0.1) is 0 Å². The molecule has 1 heterocycles. The summed E-state index contributed by atoms with van der Waals surface area (Å²) in [7, 11) is 0. The lowest BCUT2D eigenvalue weighted by Gasteiger charge is -2.07. The Labute approximate surface area is 87.3 Å². The van der Waals surface area contributed by atoms with Crippen LogP contribution < -0.4 is 11.5 Å². The summed E-state index contributed by atoms with van der Waals surface area (Å²) in [5.74, 6) is -0.0415. The zero-order chi connectivity index (χ0) is 10.8. The van der Waals surface area contributed by atoms with Crippen LogP contribution in [0.25, 0.3) is 11.1 Å². The molecule has 2 N–H and O–H groups in total. The number of rotatable bonds is 3. The normalized spacial score (nSPS) is 13.2. The number of aromatic nitrogens is 1. The summed E-state index contributed by atoms with van der Waals surface area (Å²) in [6, 6.07) is 7.41. The number of oxazole rings is 1. The molecule has 0 saturated heterocycles. The van der Waals surface area contributed by atoms with E-state index < -0.39 is 0 Å². The topological polar surface area (TPSA) is 61.2 Å². The Balaban J connectivity index is 2.50. The lowest BCUT2D eigenvalue weighted by atomic mass is 10.2. The molecule has 1 aromatic carbocycles.